The molecular formula is C9H8N2O5. The topological polar surface area (TPSA) is 105 Å². The molecule has 0 amide bonds. The fourth-order valence-corrected chi connectivity index (χ4v) is 1.45. The molecule has 2 heterocycles. The summed E-state index contributed by atoms with van der Waals surface area (Å²) in [7, 11) is 1.30. The highest BCUT2D eigenvalue weighted by molar-refractivity contribution is 5.82. The Morgan fingerprint density at radius 1 is 1.56 bits per heavy atom. The number of aromatic nitrogens is 2. The van der Waals surface area contributed by atoms with Gasteiger partial charge in [-0.15, -0.1) is 0 Å². The number of nitrogens with zero attached hydrogens (tertiary/aromatic N) is 1. The lowest BCUT2D eigenvalue weighted by Crippen LogP contribution is -2.32. The van der Waals surface area contributed by atoms with Crippen LogP contribution in [0.25, 0.3) is 11.1 Å². The number of aromatic amines is 1. The SMILES string of the molecule is Cn1c(=O)[nH]c2occ(CC(=O)O)c2c1=O. The van der Waals surface area contributed by atoms with Crippen molar-refractivity contribution in [3.8, 4) is 0 Å². The molecule has 2 rings (SSSR count). The quantitative estimate of drug-likeness (QED) is 0.711. The number of hydrogen-bond acceptors (Lipinski definition) is 4. The highest BCUT2D eigenvalue weighted by Gasteiger charge is 2.15. The van der Waals surface area contributed by atoms with Crippen molar-refractivity contribution in [3.63, 3.8) is 0 Å². The van der Waals surface area contributed by atoms with Gasteiger partial charge < -0.3 is 9.52 Å². The molecule has 0 aromatic carbocycles. The summed E-state index contributed by atoms with van der Waals surface area (Å²) in [6, 6.07) is 0. The highest BCUT2D eigenvalue weighted by Crippen LogP contribution is 2.14. The summed E-state index contributed by atoms with van der Waals surface area (Å²) in [5, 5.41) is 8.74. The van der Waals surface area contributed by atoms with E-state index < -0.39 is 17.2 Å². The van der Waals surface area contributed by atoms with E-state index in [1.807, 2.05) is 0 Å². The second kappa shape index (κ2) is 3.37. The molecular weight excluding hydrogens is 216 g/mol. The lowest BCUT2D eigenvalue weighted by atomic mass is 10.2. The van der Waals surface area contributed by atoms with Crippen molar-refractivity contribution in [1.82, 2.24) is 9.55 Å². The van der Waals surface area contributed by atoms with Crippen molar-refractivity contribution in [2.24, 2.45) is 7.05 Å². The Hall–Kier alpha value is -2.31. The zero-order valence-corrected chi connectivity index (χ0v) is 8.31. The molecule has 0 aliphatic carbocycles. The Morgan fingerprint density at radius 2 is 2.25 bits per heavy atom. The first kappa shape index (κ1) is 10.2. The fourth-order valence-electron chi connectivity index (χ4n) is 1.45. The van der Waals surface area contributed by atoms with E-state index in [2.05, 4.69) is 4.98 Å². The van der Waals surface area contributed by atoms with Gasteiger partial charge in [0.25, 0.3) is 5.56 Å². The van der Waals surface area contributed by atoms with Crippen molar-refractivity contribution >= 4 is 17.1 Å². The van der Waals surface area contributed by atoms with Crippen LogP contribution in [-0.4, -0.2) is 20.6 Å². The average Bonchev–Trinajstić information content (AvgIpc) is 2.57. The van der Waals surface area contributed by atoms with E-state index in [1.165, 1.54) is 7.05 Å². The molecule has 7 nitrogen and oxygen atoms in total. The Labute approximate surface area is 87.9 Å². The van der Waals surface area contributed by atoms with E-state index in [1.54, 1.807) is 0 Å². The van der Waals surface area contributed by atoms with E-state index in [-0.39, 0.29) is 23.1 Å². The van der Waals surface area contributed by atoms with E-state index in [9.17, 15) is 14.4 Å². The third-order valence-electron chi connectivity index (χ3n) is 2.25. The minimum atomic E-state index is -1.07. The molecule has 0 atom stereocenters. The van der Waals surface area contributed by atoms with Gasteiger partial charge in [-0.1, -0.05) is 0 Å². The molecule has 0 fully saturated rings. The van der Waals surface area contributed by atoms with Gasteiger partial charge in [-0.25, -0.2) is 4.79 Å². The first-order chi connectivity index (χ1) is 7.50. The Morgan fingerprint density at radius 3 is 2.88 bits per heavy atom. The van der Waals surface area contributed by atoms with Crippen molar-refractivity contribution in [2.75, 3.05) is 0 Å². The summed E-state index contributed by atoms with van der Waals surface area (Å²) < 4.78 is 5.80. The lowest BCUT2D eigenvalue weighted by Gasteiger charge is -1.96. The standard InChI is InChI=1S/C9H8N2O5/c1-11-8(14)6-4(2-5(12)13)3-16-7(6)10-9(11)15/h3H,2H2,1H3,(H,10,15)(H,12,13). The van der Waals surface area contributed by atoms with Crippen molar-refractivity contribution in [2.45, 2.75) is 6.42 Å². The Balaban J connectivity index is 2.81. The molecule has 0 saturated carbocycles. The minimum absolute atomic E-state index is 0.00403. The van der Waals surface area contributed by atoms with Gasteiger partial charge in [0.2, 0.25) is 5.71 Å². The molecule has 0 saturated heterocycles. The lowest BCUT2D eigenvalue weighted by molar-refractivity contribution is -0.136. The maximum Gasteiger partial charge on any atom is 0.330 e. The fraction of sp³-hybridized carbons (Fsp3) is 0.222. The van der Waals surface area contributed by atoms with Crippen LogP contribution in [-0.2, 0) is 18.3 Å². The molecule has 16 heavy (non-hydrogen) atoms. The van der Waals surface area contributed by atoms with Crippen LogP contribution in [0.4, 0.5) is 0 Å². The molecule has 2 aromatic rings. The molecule has 2 N–H and O–H groups in total. The Kier molecular flexibility index (Phi) is 2.15. The number of carboxylic acids is 1. The number of carboxylic acid groups (broad SMARTS) is 1. The van der Waals surface area contributed by atoms with Crippen LogP contribution in [0.5, 0.6) is 0 Å². The van der Waals surface area contributed by atoms with Crippen LogP contribution in [0.1, 0.15) is 5.56 Å². The average molecular weight is 224 g/mol. The first-order valence-corrected chi connectivity index (χ1v) is 4.42. The Bertz CT molecular complexity index is 675. The monoisotopic (exact) mass is 224 g/mol. The van der Waals surface area contributed by atoms with Gasteiger partial charge in [-0.05, 0) is 0 Å². The molecule has 0 aliphatic rings. The maximum absolute atomic E-state index is 11.7. The first-order valence-electron chi connectivity index (χ1n) is 4.42. The summed E-state index contributed by atoms with van der Waals surface area (Å²) in [6.45, 7) is 0. The van der Waals surface area contributed by atoms with E-state index in [0.29, 0.717) is 0 Å². The number of aliphatic carboxylic acids is 1. The number of fused-ring (bicyclic) bond motifs is 1. The van der Waals surface area contributed by atoms with Gasteiger partial charge in [-0.2, -0.15) is 0 Å². The maximum atomic E-state index is 11.7. The minimum Gasteiger partial charge on any atom is -0.481 e. The van der Waals surface area contributed by atoms with Crippen LogP contribution in [0, 0.1) is 0 Å². The zero-order valence-electron chi connectivity index (χ0n) is 8.31. The summed E-state index contributed by atoms with van der Waals surface area (Å²) >= 11 is 0. The van der Waals surface area contributed by atoms with Crippen molar-refractivity contribution in [3.05, 3.63) is 32.7 Å². The van der Waals surface area contributed by atoms with Crippen LogP contribution in [0.2, 0.25) is 0 Å². The summed E-state index contributed by atoms with van der Waals surface area (Å²) in [5.41, 5.74) is -0.916. The second-order valence-electron chi connectivity index (χ2n) is 3.33. The van der Waals surface area contributed by atoms with Gasteiger partial charge in [0.05, 0.1) is 12.7 Å². The van der Waals surface area contributed by atoms with Crippen molar-refractivity contribution in [1.29, 1.82) is 0 Å². The number of rotatable bonds is 2. The number of H-pyrrole nitrogens is 1. The molecule has 0 spiro atoms. The summed E-state index contributed by atoms with van der Waals surface area (Å²) in [4.78, 5) is 35.8. The molecule has 0 unspecified atom stereocenters. The van der Waals surface area contributed by atoms with Crippen LogP contribution < -0.4 is 11.2 Å². The van der Waals surface area contributed by atoms with Gasteiger partial charge in [0, 0.05) is 12.6 Å². The second-order valence-corrected chi connectivity index (χ2v) is 3.33. The van der Waals surface area contributed by atoms with Gasteiger partial charge in [0.15, 0.2) is 0 Å². The normalized spacial score (nSPS) is 10.8. The number of furan rings is 1. The highest BCUT2D eigenvalue weighted by atomic mass is 16.4. The van der Waals surface area contributed by atoms with Crippen molar-refractivity contribution < 1.29 is 14.3 Å². The van der Waals surface area contributed by atoms with Gasteiger partial charge >= 0.3 is 11.7 Å². The van der Waals surface area contributed by atoms with Crippen LogP contribution >= 0.6 is 0 Å². The van der Waals surface area contributed by atoms with E-state index >= 15 is 0 Å². The molecule has 0 bridgehead atoms. The molecule has 84 valence electrons. The van der Waals surface area contributed by atoms with Crippen LogP contribution in [0.3, 0.4) is 0 Å². The van der Waals surface area contributed by atoms with Gasteiger partial charge in [0.1, 0.15) is 5.39 Å². The van der Waals surface area contributed by atoms with Gasteiger partial charge in [-0.3, -0.25) is 19.1 Å². The molecule has 7 heteroatoms. The number of hydrogen-bond donors (Lipinski definition) is 2. The predicted molar refractivity (Wildman–Crippen MR) is 53.4 cm³/mol. The number of carbonyl (C=O) groups is 1. The molecule has 0 aliphatic heterocycles. The van der Waals surface area contributed by atoms with Crippen LogP contribution in [0.15, 0.2) is 20.3 Å². The molecule has 0 radical (unpaired) electrons. The number of nitrogens with one attached hydrogen (secondary N) is 1. The smallest absolute Gasteiger partial charge is 0.330 e. The summed E-state index contributed by atoms with van der Waals surface area (Å²) in [5.74, 6) is -1.07. The largest absolute Gasteiger partial charge is 0.481 e. The summed E-state index contributed by atoms with van der Waals surface area (Å²) in [6.07, 6.45) is 0.838. The predicted octanol–water partition coefficient (Wildman–Crippen LogP) is -0.553. The van der Waals surface area contributed by atoms with E-state index in [4.69, 9.17) is 9.52 Å². The molecule has 2 aromatic heterocycles. The zero-order chi connectivity index (χ0) is 11.9. The third kappa shape index (κ3) is 1.42. The van der Waals surface area contributed by atoms with E-state index in [0.717, 1.165) is 10.8 Å². The third-order valence-corrected chi connectivity index (χ3v) is 2.25.